The van der Waals surface area contributed by atoms with Crippen LogP contribution in [0.5, 0.6) is 5.75 Å². The molecule has 0 amide bonds. The zero-order chi connectivity index (χ0) is 13.7. The standard InChI is InChI=1S/C15H23NOS2/c1-4-16-14(15-11(2)18-9-10-19-15)12-7-5-6-8-13(12)17-3/h5-8,11,14-16H,4,9-10H2,1-3H3. The Hall–Kier alpha value is -0.320. The molecule has 0 radical (unpaired) electrons. The molecule has 4 heteroatoms. The van der Waals surface area contributed by atoms with Crippen molar-refractivity contribution in [2.24, 2.45) is 0 Å². The van der Waals surface area contributed by atoms with Gasteiger partial charge in [0, 0.05) is 33.6 Å². The molecule has 1 aliphatic heterocycles. The first kappa shape index (κ1) is 15.1. The number of thioether (sulfide) groups is 2. The van der Waals surface area contributed by atoms with Crippen molar-refractivity contribution < 1.29 is 4.74 Å². The van der Waals surface area contributed by atoms with Gasteiger partial charge in [-0.25, -0.2) is 0 Å². The predicted octanol–water partition coefficient (Wildman–Crippen LogP) is 3.58. The molecule has 2 nitrogen and oxygen atoms in total. The Balaban J connectivity index is 2.27. The molecule has 1 saturated heterocycles. The fraction of sp³-hybridized carbons (Fsp3) is 0.600. The van der Waals surface area contributed by atoms with Gasteiger partial charge in [0.15, 0.2) is 0 Å². The Labute approximate surface area is 125 Å². The van der Waals surface area contributed by atoms with E-state index in [-0.39, 0.29) is 0 Å². The molecule has 0 saturated carbocycles. The summed E-state index contributed by atoms with van der Waals surface area (Å²) in [4.78, 5) is 0. The van der Waals surface area contributed by atoms with Crippen LogP contribution in [0.25, 0.3) is 0 Å². The van der Waals surface area contributed by atoms with E-state index in [1.807, 2.05) is 6.07 Å². The van der Waals surface area contributed by atoms with Crippen LogP contribution in [0.15, 0.2) is 24.3 Å². The monoisotopic (exact) mass is 297 g/mol. The van der Waals surface area contributed by atoms with E-state index in [0.717, 1.165) is 12.3 Å². The van der Waals surface area contributed by atoms with Gasteiger partial charge in [-0.3, -0.25) is 0 Å². The molecule has 1 aromatic carbocycles. The third kappa shape index (κ3) is 3.61. The summed E-state index contributed by atoms with van der Waals surface area (Å²) in [6.45, 7) is 5.51. The van der Waals surface area contributed by atoms with Gasteiger partial charge < -0.3 is 10.1 Å². The quantitative estimate of drug-likeness (QED) is 0.896. The van der Waals surface area contributed by atoms with E-state index in [0.29, 0.717) is 16.5 Å². The van der Waals surface area contributed by atoms with E-state index in [1.165, 1.54) is 17.1 Å². The molecular formula is C15H23NOS2. The lowest BCUT2D eigenvalue weighted by Crippen LogP contribution is -2.37. The normalized spacial score (nSPS) is 25.0. The minimum atomic E-state index is 0.369. The van der Waals surface area contributed by atoms with Gasteiger partial charge in [-0.15, -0.1) is 0 Å². The van der Waals surface area contributed by atoms with Crippen molar-refractivity contribution >= 4 is 23.5 Å². The van der Waals surface area contributed by atoms with Gasteiger partial charge in [0.25, 0.3) is 0 Å². The zero-order valence-corrected chi connectivity index (χ0v) is 13.5. The Morgan fingerprint density at radius 3 is 2.74 bits per heavy atom. The van der Waals surface area contributed by atoms with Gasteiger partial charge in [0.1, 0.15) is 5.75 Å². The second-order valence-electron chi connectivity index (χ2n) is 4.69. The van der Waals surface area contributed by atoms with Crippen molar-refractivity contribution in [2.75, 3.05) is 25.2 Å². The minimum absolute atomic E-state index is 0.369. The third-order valence-electron chi connectivity index (χ3n) is 3.46. The van der Waals surface area contributed by atoms with E-state index in [2.05, 4.69) is 60.9 Å². The van der Waals surface area contributed by atoms with Crippen LogP contribution in [0.3, 0.4) is 0 Å². The molecule has 1 N–H and O–H groups in total. The van der Waals surface area contributed by atoms with Crippen molar-refractivity contribution in [3.63, 3.8) is 0 Å². The second-order valence-corrected chi connectivity index (χ2v) is 7.46. The molecule has 1 heterocycles. The predicted molar refractivity (Wildman–Crippen MR) is 87.6 cm³/mol. The summed E-state index contributed by atoms with van der Waals surface area (Å²) in [5.41, 5.74) is 1.29. The maximum Gasteiger partial charge on any atom is 0.123 e. The van der Waals surface area contributed by atoms with Crippen LogP contribution >= 0.6 is 23.5 Å². The van der Waals surface area contributed by atoms with Crippen molar-refractivity contribution in [1.29, 1.82) is 0 Å². The minimum Gasteiger partial charge on any atom is -0.496 e. The first-order valence-electron chi connectivity index (χ1n) is 6.87. The van der Waals surface area contributed by atoms with E-state index < -0.39 is 0 Å². The molecule has 0 bridgehead atoms. The van der Waals surface area contributed by atoms with Crippen molar-refractivity contribution in [3.8, 4) is 5.75 Å². The second kappa shape index (κ2) is 7.46. The Kier molecular flexibility index (Phi) is 5.92. The molecule has 106 valence electrons. The largest absolute Gasteiger partial charge is 0.496 e. The molecule has 1 aliphatic rings. The molecule has 0 aliphatic carbocycles. The molecule has 3 unspecified atom stereocenters. The van der Waals surface area contributed by atoms with E-state index in [4.69, 9.17) is 4.74 Å². The van der Waals surface area contributed by atoms with Gasteiger partial charge in [0.05, 0.1) is 7.11 Å². The molecule has 3 atom stereocenters. The van der Waals surface area contributed by atoms with E-state index in [9.17, 15) is 0 Å². The van der Waals surface area contributed by atoms with Gasteiger partial charge >= 0.3 is 0 Å². The Morgan fingerprint density at radius 2 is 2.05 bits per heavy atom. The number of hydrogen-bond donors (Lipinski definition) is 1. The van der Waals surface area contributed by atoms with Gasteiger partial charge in [-0.05, 0) is 12.6 Å². The lowest BCUT2D eigenvalue weighted by molar-refractivity contribution is 0.397. The van der Waals surface area contributed by atoms with Crippen LogP contribution in [0.2, 0.25) is 0 Å². The molecular weight excluding hydrogens is 274 g/mol. The number of benzene rings is 1. The highest BCUT2D eigenvalue weighted by atomic mass is 32.2. The number of ether oxygens (including phenoxy) is 1. The molecule has 0 spiro atoms. The number of methoxy groups -OCH3 is 1. The zero-order valence-electron chi connectivity index (χ0n) is 11.9. The lowest BCUT2D eigenvalue weighted by atomic mass is 10.0. The van der Waals surface area contributed by atoms with Gasteiger partial charge in [0.2, 0.25) is 0 Å². The fourth-order valence-corrected chi connectivity index (χ4v) is 5.50. The van der Waals surface area contributed by atoms with Crippen LogP contribution < -0.4 is 10.1 Å². The molecule has 1 aromatic rings. The summed E-state index contributed by atoms with van der Waals surface area (Å²) < 4.78 is 5.54. The van der Waals surface area contributed by atoms with E-state index >= 15 is 0 Å². The number of rotatable bonds is 5. The fourth-order valence-electron chi connectivity index (χ4n) is 2.56. The molecule has 1 fully saturated rings. The lowest BCUT2D eigenvalue weighted by Gasteiger charge is -2.35. The third-order valence-corrected chi connectivity index (χ3v) is 6.66. The van der Waals surface area contributed by atoms with Crippen LogP contribution in [0.4, 0.5) is 0 Å². The Morgan fingerprint density at radius 1 is 1.32 bits per heavy atom. The van der Waals surface area contributed by atoms with Crippen LogP contribution in [-0.2, 0) is 0 Å². The first-order valence-corrected chi connectivity index (χ1v) is 8.97. The number of para-hydroxylation sites is 1. The van der Waals surface area contributed by atoms with Gasteiger partial charge in [-0.1, -0.05) is 32.0 Å². The highest BCUT2D eigenvalue weighted by Crippen LogP contribution is 2.40. The summed E-state index contributed by atoms with van der Waals surface area (Å²) in [5, 5.41) is 4.94. The summed E-state index contributed by atoms with van der Waals surface area (Å²) in [5.74, 6) is 3.51. The summed E-state index contributed by atoms with van der Waals surface area (Å²) in [7, 11) is 1.76. The van der Waals surface area contributed by atoms with Crippen molar-refractivity contribution in [1.82, 2.24) is 5.32 Å². The maximum atomic E-state index is 5.54. The van der Waals surface area contributed by atoms with Crippen molar-refractivity contribution in [2.45, 2.75) is 30.4 Å². The summed E-state index contributed by atoms with van der Waals surface area (Å²) >= 11 is 4.18. The van der Waals surface area contributed by atoms with Gasteiger partial charge in [-0.2, -0.15) is 23.5 Å². The van der Waals surface area contributed by atoms with Crippen LogP contribution in [-0.4, -0.2) is 35.7 Å². The number of hydrogen-bond acceptors (Lipinski definition) is 4. The topological polar surface area (TPSA) is 21.3 Å². The maximum absolute atomic E-state index is 5.54. The molecule has 19 heavy (non-hydrogen) atoms. The SMILES string of the molecule is CCNC(c1ccccc1OC)C1SCCSC1C. The van der Waals surface area contributed by atoms with E-state index in [1.54, 1.807) is 7.11 Å². The van der Waals surface area contributed by atoms with Crippen LogP contribution in [0.1, 0.15) is 25.5 Å². The molecule has 2 rings (SSSR count). The summed E-state index contributed by atoms with van der Waals surface area (Å²) in [6, 6.07) is 8.77. The number of nitrogens with one attached hydrogen (secondary N) is 1. The van der Waals surface area contributed by atoms with Crippen molar-refractivity contribution in [3.05, 3.63) is 29.8 Å². The Bertz CT molecular complexity index is 399. The highest BCUT2D eigenvalue weighted by Gasteiger charge is 2.32. The molecule has 0 aromatic heterocycles. The first-order chi connectivity index (χ1) is 9.27. The average Bonchev–Trinajstić information content (AvgIpc) is 2.46. The van der Waals surface area contributed by atoms with Crippen LogP contribution in [0, 0.1) is 0 Å². The smallest absolute Gasteiger partial charge is 0.123 e. The summed E-state index contributed by atoms with van der Waals surface area (Å²) in [6.07, 6.45) is 0. The average molecular weight is 297 g/mol. The highest BCUT2D eigenvalue weighted by molar-refractivity contribution is 8.07.